The summed E-state index contributed by atoms with van der Waals surface area (Å²) in [5.74, 6) is -1.12. The van der Waals surface area contributed by atoms with Crippen molar-refractivity contribution in [3.63, 3.8) is 0 Å². The molecule has 2 N–H and O–H groups in total. The van der Waals surface area contributed by atoms with Crippen molar-refractivity contribution < 1.29 is 18.7 Å². The Morgan fingerprint density at radius 2 is 1.86 bits per heavy atom. The summed E-state index contributed by atoms with van der Waals surface area (Å²) in [6, 6.07) is 12.9. The molecule has 5 rings (SSSR count). The van der Waals surface area contributed by atoms with Crippen LogP contribution in [0.15, 0.2) is 51.7 Å². The number of carbonyl (C=O) groups is 2. The van der Waals surface area contributed by atoms with Crippen LogP contribution in [0.25, 0.3) is 21.7 Å². The van der Waals surface area contributed by atoms with Crippen molar-refractivity contribution in [2.45, 2.75) is 52.1 Å². The molecule has 0 saturated heterocycles. The number of hydrogen-bond donors (Lipinski definition) is 2. The summed E-state index contributed by atoms with van der Waals surface area (Å²) < 4.78 is 10.9. The number of carbonyl (C=O) groups excluding carboxylic acids is 2. The van der Waals surface area contributed by atoms with E-state index in [9.17, 15) is 14.4 Å². The molecule has 0 fully saturated rings. The third-order valence-electron chi connectivity index (χ3n) is 6.44. The molecule has 8 heteroatoms. The second kappa shape index (κ2) is 8.57. The van der Waals surface area contributed by atoms with Crippen LogP contribution in [0.3, 0.4) is 0 Å². The Hall–Kier alpha value is -3.49. The smallest absolute Gasteiger partial charge is 0.349 e. The quantitative estimate of drug-likeness (QED) is 0.213. The number of nitrogens with one attached hydrogen (secondary N) is 2. The minimum Gasteiger partial charge on any atom is -0.462 e. The van der Waals surface area contributed by atoms with E-state index in [1.165, 1.54) is 11.3 Å². The summed E-state index contributed by atoms with van der Waals surface area (Å²) in [5, 5.41) is 9.33. The molecule has 0 radical (unpaired) electrons. The Bertz CT molecular complexity index is 1600. The first-order valence-corrected chi connectivity index (χ1v) is 12.7. The molecule has 0 aliphatic carbocycles. The Kier molecular flexibility index (Phi) is 5.76. The summed E-state index contributed by atoms with van der Waals surface area (Å²) in [6.07, 6.45) is 0.594. The second-order valence-corrected chi connectivity index (χ2v) is 11.3. The van der Waals surface area contributed by atoms with Crippen molar-refractivity contribution >= 4 is 50.0 Å². The van der Waals surface area contributed by atoms with Gasteiger partial charge in [-0.2, -0.15) is 0 Å². The number of fused-ring (bicyclic) bond motifs is 4. The van der Waals surface area contributed by atoms with Gasteiger partial charge in [-0.3, -0.25) is 4.79 Å². The number of ether oxygens (including phenoxy) is 1. The van der Waals surface area contributed by atoms with Gasteiger partial charge < -0.3 is 19.8 Å². The van der Waals surface area contributed by atoms with E-state index in [0.717, 1.165) is 21.2 Å². The lowest BCUT2D eigenvalue weighted by molar-refractivity contribution is 0.0525. The van der Waals surface area contributed by atoms with Gasteiger partial charge >= 0.3 is 11.6 Å². The van der Waals surface area contributed by atoms with Crippen molar-refractivity contribution in [3.8, 4) is 0 Å². The van der Waals surface area contributed by atoms with Gasteiger partial charge in [0, 0.05) is 21.3 Å². The van der Waals surface area contributed by atoms with Crippen molar-refractivity contribution in [1.82, 2.24) is 5.32 Å². The van der Waals surface area contributed by atoms with Gasteiger partial charge in [-0.15, -0.1) is 11.3 Å². The van der Waals surface area contributed by atoms with Gasteiger partial charge in [0.05, 0.1) is 12.2 Å². The first kappa shape index (κ1) is 24.2. The van der Waals surface area contributed by atoms with Gasteiger partial charge in [0.2, 0.25) is 0 Å². The van der Waals surface area contributed by atoms with E-state index >= 15 is 0 Å². The fourth-order valence-electron chi connectivity index (χ4n) is 5.24. The highest BCUT2D eigenvalue weighted by Gasteiger charge is 2.42. The molecule has 2 aromatic heterocycles. The van der Waals surface area contributed by atoms with Crippen molar-refractivity contribution in [1.29, 1.82) is 0 Å². The first-order valence-electron chi connectivity index (χ1n) is 11.9. The van der Waals surface area contributed by atoms with Crippen LogP contribution in [-0.4, -0.2) is 24.0 Å². The fraction of sp³-hybridized carbons (Fsp3) is 0.321. The zero-order valence-corrected chi connectivity index (χ0v) is 21.7. The number of hydrogen-bond acceptors (Lipinski definition) is 7. The zero-order chi connectivity index (χ0) is 25.8. The average Bonchev–Trinajstić information content (AvgIpc) is 3.15. The molecule has 0 unspecified atom stereocenters. The summed E-state index contributed by atoms with van der Waals surface area (Å²) >= 11 is 1.33. The summed E-state index contributed by atoms with van der Waals surface area (Å²) in [5.41, 5.74) is 0.0646. The molecular weight excluding hydrogens is 476 g/mol. The molecule has 1 aliphatic heterocycles. The molecule has 36 heavy (non-hydrogen) atoms. The van der Waals surface area contributed by atoms with Crippen LogP contribution in [0.5, 0.6) is 0 Å². The number of thiophene rings is 1. The van der Waals surface area contributed by atoms with Crippen LogP contribution in [0, 0.1) is 0 Å². The average molecular weight is 505 g/mol. The molecule has 0 spiro atoms. The lowest BCUT2D eigenvalue weighted by Crippen LogP contribution is -2.55. The van der Waals surface area contributed by atoms with E-state index in [0.29, 0.717) is 28.0 Å². The van der Waals surface area contributed by atoms with Gasteiger partial charge in [-0.25, -0.2) is 9.59 Å². The minimum atomic E-state index is -0.739. The van der Waals surface area contributed by atoms with Crippen LogP contribution >= 0.6 is 11.3 Å². The third kappa shape index (κ3) is 4.10. The molecule has 7 nitrogen and oxygen atoms in total. The van der Waals surface area contributed by atoms with Crippen LogP contribution in [0.2, 0.25) is 0 Å². The van der Waals surface area contributed by atoms with E-state index in [4.69, 9.17) is 9.15 Å². The van der Waals surface area contributed by atoms with Crippen molar-refractivity contribution in [2.24, 2.45) is 0 Å². The largest absolute Gasteiger partial charge is 0.462 e. The van der Waals surface area contributed by atoms with E-state index in [1.807, 2.05) is 44.2 Å². The Labute approximate surface area is 212 Å². The third-order valence-corrected chi connectivity index (χ3v) is 7.91. The number of esters is 1. The minimum absolute atomic E-state index is 0.127. The monoisotopic (exact) mass is 504 g/mol. The highest BCUT2D eigenvalue weighted by molar-refractivity contribution is 7.17. The summed E-state index contributed by atoms with van der Waals surface area (Å²) in [6.45, 7) is 10.2. The van der Waals surface area contributed by atoms with E-state index in [-0.39, 0.29) is 17.7 Å². The number of benzene rings is 2. The maximum absolute atomic E-state index is 13.4. The Morgan fingerprint density at radius 3 is 2.61 bits per heavy atom. The molecule has 0 atom stereocenters. The lowest BCUT2D eigenvalue weighted by atomic mass is 9.81. The first-order chi connectivity index (χ1) is 17.0. The summed E-state index contributed by atoms with van der Waals surface area (Å²) in [7, 11) is 0. The fourth-order valence-corrected chi connectivity index (χ4v) is 6.50. The maximum atomic E-state index is 13.4. The van der Waals surface area contributed by atoms with Crippen molar-refractivity contribution in [2.75, 3.05) is 11.9 Å². The standard InChI is InChI=1S/C28H28N2O5S/c1-6-34-26(33)21-19-14-27(2,3)30-28(4,5)22(19)36-24(21)29-23(31)18-13-17-16-10-8-7-9-15(16)11-12-20(17)35-25(18)32/h7-13,30H,6,14H2,1-5H3,(H,29,31). The highest BCUT2D eigenvalue weighted by atomic mass is 32.1. The predicted octanol–water partition coefficient (Wildman–Crippen LogP) is 5.60. The van der Waals surface area contributed by atoms with Crippen molar-refractivity contribution in [3.05, 3.63) is 74.5 Å². The molecule has 4 aromatic rings. The highest BCUT2D eigenvalue weighted by Crippen LogP contribution is 2.45. The van der Waals surface area contributed by atoms with Crippen LogP contribution in [-0.2, 0) is 16.7 Å². The van der Waals surface area contributed by atoms with E-state index in [2.05, 4.69) is 24.5 Å². The molecule has 0 saturated carbocycles. The molecule has 3 heterocycles. The van der Waals surface area contributed by atoms with Crippen LogP contribution in [0.1, 0.15) is 65.8 Å². The number of rotatable bonds is 4. The Morgan fingerprint density at radius 1 is 1.11 bits per heavy atom. The summed E-state index contributed by atoms with van der Waals surface area (Å²) in [4.78, 5) is 40.2. The number of anilines is 1. The van der Waals surface area contributed by atoms with Gasteiger partial charge in [0.15, 0.2) is 0 Å². The zero-order valence-electron chi connectivity index (χ0n) is 20.9. The van der Waals surface area contributed by atoms with Crippen LogP contribution in [0.4, 0.5) is 5.00 Å². The van der Waals surface area contributed by atoms with Gasteiger partial charge in [-0.05, 0) is 69.5 Å². The lowest BCUT2D eigenvalue weighted by Gasteiger charge is -2.42. The molecule has 1 amide bonds. The molecular formula is C28H28N2O5S. The SMILES string of the molecule is CCOC(=O)c1c(NC(=O)c2cc3c(ccc4ccccc43)oc2=O)sc2c1CC(C)(C)NC2(C)C. The van der Waals surface area contributed by atoms with Gasteiger partial charge in [0.25, 0.3) is 5.91 Å². The normalized spacial score (nSPS) is 16.0. The van der Waals surface area contributed by atoms with Gasteiger partial charge in [-0.1, -0.05) is 30.3 Å². The molecule has 186 valence electrons. The van der Waals surface area contributed by atoms with Gasteiger partial charge in [0.1, 0.15) is 16.1 Å². The van der Waals surface area contributed by atoms with Crippen LogP contribution < -0.4 is 16.3 Å². The predicted molar refractivity (Wildman–Crippen MR) is 142 cm³/mol. The molecule has 1 aliphatic rings. The number of amides is 1. The second-order valence-electron chi connectivity index (χ2n) is 10.2. The topological polar surface area (TPSA) is 97.6 Å². The molecule has 2 aromatic carbocycles. The maximum Gasteiger partial charge on any atom is 0.349 e. The van der Waals surface area contributed by atoms with E-state index < -0.39 is 23.0 Å². The Balaban J connectivity index is 1.62. The molecule has 0 bridgehead atoms. The van der Waals surface area contributed by atoms with E-state index in [1.54, 1.807) is 19.1 Å².